The van der Waals surface area contributed by atoms with E-state index in [1.165, 1.54) is 0 Å². The second-order valence-corrected chi connectivity index (χ2v) is 4.64. The number of benzene rings is 1. The van der Waals surface area contributed by atoms with Gasteiger partial charge in [-0.1, -0.05) is 6.07 Å². The molecule has 0 saturated carbocycles. The van der Waals surface area contributed by atoms with Crippen LogP contribution in [0.3, 0.4) is 0 Å². The van der Waals surface area contributed by atoms with Crippen molar-refractivity contribution in [3.05, 3.63) is 28.2 Å². The second-order valence-electron chi connectivity index (χ2n) is 2.65. The summed E-state index contributed by atoms with van der Waals surface area (Å²) >= 11 is 5.12. The summed E-state index contributed by atoms with van der Waals surface area (Å²) in [6.07, 6.45) is 0.842. The number of hydrogen-bond acceptors (Lipinski definition) is 3. The van der Waals surface area contributed by atoms with E-state index in [9.17, 15) is 4.79 Å². The topological polar surface area (TPSA) is 26.3 Å². The maximum Gasteiger partial charge on any atom is 0.150 e. The van der Waals surface area contributed by atoms with Crippen molar-refractivity contribution in [1.82, 2.24) is 0 Å². The van der Waals surface area contributed by atoms with E-state index in [1.807, 2.05) is 18.2 Å². The first-order chi connectivity index (χ1) is 6.77. The van der Waals surface area contributed by atoms with E-state index >= 15 is 0 Å². The smallest absolute Gasteiger partial charge is 0.150 e. The lowest BCUT2D eigenvalue weighted by molar-refractivity contribution is 0.112. The lowest BCUT2D eigenvalue weighted by Crippen LogP contribution is -1.91. The number of carbonyl (C=O) groups is 1. The maximum absolute atomic E-state index is 10.5. The molecule has 0 aliphatic heterocycles. The van der Waals surface area contributed by atoms with Crippen molar-refractivity contribution in [3.8, 4) is 0 Å². The number of halogens is 1. The van der Waals surface area contributed by atoms with Crippen LogP contribution in [0.15, 0.2) is 27.6 Å². The van der Waals surface area contributed by atoms with Gasteiger partial charge in [0, 0.05) is 27.8 Å². The molecule has 0 atom stereocenters. The Balaban J connectivity index is 2.64. The molecule has 4 heteroatoms. The van der Waals surface area contributed by atoms with Crippen LogP contribution < -0.4 is 0 Å². The zero-order valence-electron chi connectivity index (χ0n) is 7.83. The molecule has 0 amide bonds. The van der Waals surface area contributed by atoms with Crippen LogP contribution in [0.4, 0.5) is 0 Å². The zero-order chi connectivity index (χ0) is 10.4. The summed E-state index contributed by atoms with van der Waals surface area (Å²) in [5, 5.41) is 0. The third kappa shape index (κ3) is 3.44. The molecule has 0 aliphatic carbocycles. The van der Waals surface area contributed by atoms with E-state index in [-0.39, 0.29) is 0 Å². The number of carbonyl (C=O) groups excluding carboxylic acids is 1. The van der Waals surface area contributed by atoms with Crippen molar-refractivity contribution in [2.75, 3.05) is 19.5 Å². The highest BCUT2D eigenvalue weighted by Crippen LogP contribution is 2.27. The predicted molar refractivity (Wildman–Crippen MR) is 62.1 cm³/mol. The Bertz CT molecular complexity index is 315. The number of methoxy groups -OCH3 is 1. The van der Waals surface area contributed by atoms with Crippen LogP contribution >= 0.6 is 27.7 Å². The Kier molecular flexibility index (Phi) is 5.22. The Morgan fingerprint density at radius 1 is 1.57 bits per heavy atom. The summed E-state index contributed by atoms with van der Waals surface area (Å²) in [7, 11) is 1.69. The molecule has 76 valence electrons. The van der Waals surface area contributed by atoms with Gasteiger partial charge in [-0.3, -0.25) is 4.79 Å². The molecule has 14 heavy (non-hydrogen) atoms. The third-order valence-electron chi connectivity index (χ3n) is 1.64. The standard InChI is InChI=1S/C10H11BrO2S/c1-13-4-5-14-10-3-2-8(7-12)6-9(10)11/h2-3,6-7H,4-5H2,1H3. The fourth-order valence-corrected chi connectivity index (χ4v) is 2.51. The predicted octanol–water partition coefficient (Wildman–Crippen LogP) is 3.00. The summed E-state index contributed by atoms with van der Waals surface area (Å²) in [5.74, 6) is 0.912. The molecule has 0 unspecified atom stereocenters. The lowest BCUT2D eigenvalue weighted by Gasteiger charge is -2.03. The number of rotatable bonds is 5. The van der Waals surface area contributed by atoms with Crippen LogP contribution in [0.2, 0.25) is 0 Å². The van der Waals surface area contributed by atoms with E-state index in [2.05, 4.69) is 15.9 Å². The molecule has 1 aromatic rings. The number of ether oxygens (including phenoxy) is 1. The molecule has 0 bridgehead atoms. The SMILES string of the molecule is COCCSc1ccc(C=O)cc1Br. The first-order valence-corrected chi connectivity index (χ1v) is 5.92. The summed E-state index contributed by atoms with van der Waals surface area (Å²) in [5.41, 5.74) is 0.688. The summed E-state index contributed by atoms with van der Waals surface area (Å²) in [6.45, 7) is 0.729. The average Bonchev–Trinajstić information content (AvgIpc) is 2.20. The van der Waals surface area contributed by atoms with Crippen molar-refractivity contribution in [2.24, 2.45) is 0 Å². The van der Waals surface area contributed by atoms with Gasteiger partial charge in [0.2, 0.25) is 0 Å². The van der Waals surface area contributed by atoms with Gasteiger partial charge in [-0.25, -0.2) is 0 Å². The average molecular weight is 275 g/mol. The van der Waals surface area contributed by atoms with Gasteiger partial charge in [0.1, 0.15) is 6.29 Å². The summed E-state index contributed by atoms with van der Waals surface area (Å²) < 4.78 is 5.92. The Labute approximate surface area is 96.2 Å². The number of hydrogen-bond donors (Lipinski definition) is 0. The summed E-state index contributed by atoms with van der Waals surface area (Å²) in [6, 6.07) is 5.57. The molecule has 1 aromatic carbocycles. The minimum atomic E-state index is 0.688. The van der Waals surface area contributed by atoms with Crippen molar-refractivity contribution in [3.63, 3.8) is 0 Å². The number of aldehydes is 1. The highest BCUT2D eigenvalue weighted by atomic mass is 79.9. The first kappa shape index (κ1) is 11.8. The molecule has 0 saturated heterocycles. The van der Waals surface area contributed by atoms with Crippen LogP contribution in [0.5, 0.6) is 0 Å². The van der Waals surface area contributed by atoms with Gasteiger partial charge in [0.25, 0.3) is 0 Å². The first-order valence-electron chi connectivity index (χ1n) is 4.14. The van der Waals surface area contributed by atoms with E-state index in [0.717, 1.165) is 28.0 Å². The monoisotopic (exact) mass is 274 g/mol. The fraction of sp³-hybridized carbons (Fsp3) is 0.300. The Hall–Kier alpha value is -0.320. The van der Waals surface area contributed by atoms with Crippen LogP contribution in [-0.2, 0) is 4.74 Å². The molecular weight excluding hydrogens is 264 g/mol. The Morgan fingerprint density at radius 2 is 2.36 bits per heavy atom. The number of thioether (sulfide) groups is 1. The summed E-state index contributed by atoms with van der Waals surface area (Å²) in [4.78, 5) is 11.6. The molecule has 0 radical (unpaired) electrons. The molecule has 0 aromatic heterocycles. The van der Waals surface area contributed by atoms with Gasteiger partial charge in [-0.2, -0.15) is 0 Å². The fourth-order valence-electron chi connectivity index (χ4n) is 0.942. The third-order valence-corrected chi connectivity index (χ3v) is 3.59. The highest BCUT2D eigenvalue weighted by molar-refractivity contribution is 9.10. The molecule has 0 heterocycles. The van der Waals surface area contributed by atoms with Crippen molar-refractivity contribution >= 4 is 34.0 Å². The van der Waals surface area contributed by atoms with Crippen LogP contribution in [0.25, 0.3) is 0 Å². The molecule has 0 spiro atoms. The zero-order valence-corrected chi connectivity index (χ0v) is 10.2. The van der Waals surface area contributed by atoms with Gasteiger partial charge < -0.3 is 4.74 Å². The Morgan fingerprint density at radius 3 is 2.93 bits per heavy atom. The molecule has 0 fully saturated rings. The van der Waals surface area contributed by atoms with Crippen LogP contribution in [0, 0.1) is 0 Å². The van der Waals surface area contributed by atoms with E-state index in [0.29, 0.717) is 5.56 Å². The minimum Gasteiger partial charge on any atom is -0.384 e. The van der Waals surface area contributed by atoms with E-state index < -0.39 is 0 Å². The molecule has 0 aliphatic rings. The normalized spacial score (nSPS) is 10.1. The second kappa shape index (κ2) is 6.22. The quantitative estimate of drug-likeness (QED) is 0.469. The van der Waals surface area contributed by atoms with Crippen molar-refractivity contribution in [1.29, 1.82) is 0 Å². The maximum atomic E-state index is 10.5. The van der Waals surface area contributed by atoms with Gasteiger partial charge in [0.05, 0.1) is 6.61 Å². The molecule has 0 N–H and O–H groups in total. The van der Waals surface area contributed by atoms with Gasteiger partial charge in [-0.15, -0.1) is 11.8 Å². The molecule has 1 rings (SSSR count). The van der Waals surface area contributed by atoms with Gasteiger partial charge in [-0.05, 0) is 28.1 Å². The highest BCUT2D eigenvalue weighted by Gasteiger charge is 2.01. The lowest BCUT2D eigenvalue weighted by atomic mass is 10.2. The van der Waals surface area contributed by atoms with Gasteiger partial charge >= 0.3 is 0 Å². The molecule has 2 nitrogen and oxygen atoms in total. The van der Waals surface area contributed by atoms with Crippen molar-refractivity contribution in [2.45, 2.75) is 4.90 Å². The van der Waals surface area contributed by atoms with E-state index in [4.69, 9.17) is 4.74 Å². The van der Waals surface area contributed by atoms with Gasteiger partial charge in [0.15, 0.2) is 0 Å². The minimum absolute atomic E-state index is 0.688. The van der Waals surface area contributed by atoms with Crippen molar-refractivity contribution < 1.29 is 9.53 Å². The van der Waals surface area contributed by atoms with Crippen LogP contribution in [0.1, 0.15) is 10.4 Å². The largest absolute Gasteiger partial charge is 0.384 e. The van der Waals surface area contributed by atoms with Crippen LogP contribution in [-0.4, -0.2) is 25.8 Å². The van der Waals surface area contributed by atoms with E-state index in [1.54, 1.807) is 18.9 Å². The molecular formula is C10H11BrO2S.